The van der Waals surface area contributed by atoms with Crippen LogP contribution in [0, 0.1) is 0 Å². The quantitative estimate of drug-likeness (QED) is 0.323. The molecule has 2 amide bonds. The molecule has 0 atom stereocenters. The Balaban J connectivity index is 2.65. The molecule has 1 fully saturated rings. The molecule has 0 unspecified atom stereocenters. The Morgan fingerprint density at radius 1 is 1.50 bits per heavy atom. The minimum atomic E-state index is -0.123. The summed E-state index contributed by atoms with van der Waals surface area (Å²) < 4.78 is 0. The van der Waals surface area contributed by atoms with E-state index in [9.17, 15) is 4.79 Å². The van der Waals surface area contributed by atoms with Crippen molar-refractivity contribution in [1.29, 1.82) is 0 Å². The van der Waals surface area contributed by atoms with Gasteiger partial charge in [-0.1, -0.05) is 5.11 Å². The van der Waals surface area contributed by atoms with Crippen LogP contribution in [0.15, 0.2) is 5.11 Å². The summed E-state index contributed by atoms with van der Waals surface area (Å²) in [7, 11) is 3.38. The zero-order valence-corrected chi connectivity index (χ0v) is 7.14. The topological polar surface area (TPSA) is 72.3 Å². The molecule has 66 valence electrons. The lowest BCUT2D eigenvalue weighted by Gasteiger charge is -2.34. The average molecular weight is 169 g/mol. The fourth-order valence-electron chi connectivity index (χ4n) is 1.28. The maximum absolute atomic E-state index is 11.2. The van der Waals surface area contributed by atoms with Crippen molar-refractivity contribution in [3.63, 3.8) is 0 Å². The van der Waals surface area contributed by atoms with E-state index in [0.29, 0.717) is 13.1 Å². The smallest absolute Gasteiger partial charge is 0.319 e. The minimum absolute atomic E-state index is 0.0283. The second-order valence-electron chi connectivity index (χ2n) is 2.90. The van der Waals surface area contributed by atoms with Gasteiger partial charge in [0.15, 0.2) is 0 Å². The molecule has 0 aromatic rings. The highest BCUT2D eigenvalue weighted by Crippen LogP contribution is 2.07. The fourth-order valence-corrected chi connectivity index (χ4v) is 1.28. The van der Waals surface area contributed by atoms with Crippen LogP contribution in [-0.4, -0.2) is 49.1 Å². The highest BCUT2D eigenvalue weighted by atomic mass is 16.2. The van der Waals surface area contributed by atoms with Crippen LogP contribution in [0.5, 0.6) is 0 Å². The molecule has 0 bridgehead atoms. The molecule has 6 heteroatoms. The van der Waals surface area contributed by atoms with Gasteiger partial charge < -0.3 is 9.80 Å². The van der Waals surface area contributed by atoms with E-state index in [2.05, 4.69) is 10.0 Å². The van der Waals surface area contributed by atoms with E-state index in [1.165, 1.54) is 0 Å². The molecular formula is C6H11N5O. The molecule has 0 aromatic carbocycles. The molecular weight excluding hydrogens is 158 g/mol. The Bertz CT molecular complexity index is 220. The molecule has 0 spiro atoms. The van der Waals surface area contributed by atoms with Crippen LogP contribution < -0.4 is 0 Å². The molecule has 0 aromatic heterocycles. The summed E-state index contributed by atoms with van der Waals surface area (Å²) in [5.74, 6) is 0. The first-order valence-electron chi connectivity index (χ1n) is 3.65. The summed E-state index contributed by atoms with van der Waals surface area (Å²) in [5.41, 5.74) is 8.19. The van der Waals surface area contributed by atoms with Gasteiger partial charge in [-0.05, 0) is 5.53 Å². The molecule has 1 heterocycles. The summed E-state index contributed by atoms with van der Waals surface area (Å²) in [6.07, 6.45) is 0. The second-order valence-corrected chi connectivity index (χ2v) is 2.90. The second kappa shape index (κ2) is 3.32. The third kappa shape index (κ3) is 1.60. The summed E-state index contributed by atoms with van der Waals surface area (Å²) in [6, 6.07) is -0.151. The summed E-state index contributed by atoms with van der Waals surface area (Å²) in [4.78, 5) is 17.0. The van der Waals surface area contributed by atoms with Gasteiger partial charge in [0.25, 0.3) is 0 Å². The van der Waals surface area contributed by atoms with E-state index in [-0.39, 0.29) is 12.1 Å². The third-order valence-corrected chi connectivity index (χ3v) is 1.84. The molecule has 1 rings (SSSR count). The monoisotopic (exact) mass is 169 g/mol. The molecule has 0 N–H and O–H groups in total. The van der Waals surface area contributed by atoms with Gasteiger partial charge in [-0.3, -0.25) is 0 Å². The standard InChI is InChI=1S/C6H11N5O/c1-10-3-5(8-9-7)4-11(2)6(10)12/h5H,3-4H2,1-2H3. The molecule has 6 nitrogen and oxygen atoms in total. The normalized spacial score (nSPS) is 19.3. The van der Waals surface area contributed by atoms with Crippen LogP contribution in [0.2, 0.25) is 0 Å². The number of likely N-dealkylation sites (N-methyl/N-ethyl adjacent to an activating group) is 2. The van der Waals surface area contributed by atoms with Crippen molar-refractivity contribution in [3.05, 3.63) is 10.4 Å². The third-order valence-electron chi connectivity index (χ3n) is 1.84. The number of nitrogens with zero attached hydrogens (tertiary/aromatic N) is 5. The summed E-state index contributed by atoms with van der Waals surface area (Å²) in [6.45, 7) is 1.01. The van der Waals surface area contributed by atoms with Crippen molar-refractivity contribution in [2.75, 3.05) is 27.2 Å². The van der Waals surface area contributed by atoms with Crippen molar-refractivity contribution in [1.82, 2.24) is 9.80 Å². The Kier molecular flexibility index (Phi) is 2.40. The van der Waals surface area contributed by atoms with Gasteiger partial charge in [0.1, 0.15) is 0 Å². The molecule has 1 saturated heterocycles. The Labute approximate surface area is 70.4 Å². The Morgan fingerprint density at radius 3 is 2.42 bits per heavy atom. The molecule has 1 aliphatic heterocycles. The first-order chi connectivity index (χ1) is 5.65. The Hall–Kier alpha value is -1.42. The number of azide groups is 1. The molecule has 1 aliphatic rings. The zero-order chi connectivity index (χ0) is 9.14. The van der Waals surface area contributed by atoms with Crippen LogP contribution >= 0.6 is 0 Å². The highest BCUT2D eigenvalue weighted by Gasteiger charge is 2.25. The van der Waals surface area contributed by atoms with Crippen molar-refractivity contribution >= 4 is 6.03 Å². The summed E-state index contributed by atoms with van der Waals surface area (Å²) in [5, 5.41) is 3.56. The number of carbonyl (C=O) groups is 1. The maximum Gasteiger partial charge on any atom is 0.319 e. The van der Waals surface area contributed by atoms with Gasteiger partial charge in [0.05, 0.1) is 6.04 Å². The van der Waals surface area contributed by atoms with Crippen molar-refractivity contribution in [2.45, 2.75) is 6.04 Å². The van der Waals surface area contributed by atoms with Crippen molar-refractivity contribution < 1.29 is 4.79 Å². The highest BCUT2D eigenvalue weighted by molar-refractivity contribution is 5.74. The lowest BCUT2D eigenvalue weighted by Crippen LogP contribution is -2.51. The SMILES string of the molecule is CN1CC(N=[N+]=[N-])CN(C)C1=O. The lowest BCUT2D eigenvalue weighted by molar-refractivity contribution is 0.145. The first-order valence-corrected chi connectivity index (χ1v) is 3.65. The van der Waals surface area contributed by atoms with Crippen molar-refractivity contribution in [2.24, 2.45) is 5.11 Å². The molecule has 0 saturated carbocycles. The predicted octanol–water partition coefficient (Wildman–Crippen LogP) is 0.663. The van der Waals surface area contributed by atoms with Gasteiger partial charge in [0, 0.05) is 32.1 Å². The number of rotatable bonds is 1. The zero-order valence-electron chi connectivity index (χ0n) is 7.14. The van der Waals surface area contributed by atoms with Gasteiger partial charge >= 0.3 is 6.03 Å². The molecule has 12 heavy (non-hydrogen) atoms. The largest absolute Gasteiger partial charge is 0.327 e. The number of hydrogen-bond donors (Lipinski definition) is 0. The van der Waals surface area contributed by atoms with Crippen LogP contribution in [0.3, 0.4) is 0 Å². The maximum atomic E-state index is 11.2. The number of amides is 2. The fraction of sp³-hybridized carbons (Fsp3) is 0.833. The van der Waals surface area contributed by atoms with Gasteiger partial charge in [-0.2, -0.15) is 0 Å². The van der Waals surface area contributed by atoms with E-state index < -0.39 is 0 Å². The van der Waals surface area contributed by atoms with E-state index in [0.717, 1.165) is 0 Å². The first kappa shape index (κ1) is 8.67. The van der Waals surface area contributed by atoms with Gasteiger partial charge in [0.2, 0.25) is 0 Å². The van der Waals surface area contributed by atoms with E-state index >= 15 is 0 Å². The minimum Gasteiger partial charge on any atom is -0.327 e. The number of urea groups is 1. The Morgan fingerprint density at radius 2 is 2.00 bits per heavy atom. The summed E-state index contributed by atoms with van der Waals surface area (Å²) >= 11 is 0. The van der Waals surface area contributed by atoms with Gasteiger partial charge in [-0.25, -0.2) is 4.79 Å². The predicted molar refractivity (Wildman–Crippen MR) is 43.6 cm³/mol. The van der Waals surface area contributed by atoms with Crippen LogP contribution in [0.1, 0.15) is 0 Å². The molecule has 0 radical (unpaired) electrons. The van der Waals surface area contributed by atoms with E-state index in [1.807, 2.05) is 0 Å². The van der Waals surface area contributed by atoms with Crippen LogP contribution in [0.4, 0.5) is 4.79 Å². The van der Waals surface area contributed by atoms with E-state index in [1.54, 1.807) is 23.9 Å². The van der Waals surface area contributed by atoms with E-state index in [4.69, 9.17) is 5.53 Å². The molecule has 0 aliphatic carbocycles. The van der Waals surface area contributed by atoms with Crippen LogP contribution in [0.25, 0.3) is 10.4 Å². The lowest BCUT2D eigenvalue weighted by atomic mass is 10.2. The van der Waals surface area contributed by atoms with Crippen molar-refractivity contribution in [3.8, 4) is 0 Å². The number of carbonyl (C=O) groups excluding carboxylic acids is 1. The number of hydrogen-bond acceptors (Lipinski definition) is 2. The average Bonchev–Trinajstić information content (AvgIpc) is 2.01. The van der Waals surface area contributed by atoms with Crippen LogP contribution in [-0.2, 0) is 0 Å². The van der Waals surface area contributed by atoms with Gasteiger partial charge in [-0.15, -0.1) is 0 Å².